The number of nitrogens with one attached hydrogen (secondary N) is 1. The van der Waals surface area contributed by atoms with Crippen molar-refractivity contribution >= 4 is 23.7 Å². The van der Waals surface area contributed by atoms with Crippen molar-refractivity contribution in [2.24, 2.45) is 0 Å². The molecule has 5 nitrogen and oxygen atoms in total. The van der Waals surface area contributed by atoms with E-state index in [2.05, 4.69) is 5.32 Å². The molecule has 0 aromatic carbocycles. The third kappa shape index (κ3) is 3.30. The number of thioether (sulfide) groups is 1. The van der Waals surface area contributed by atoms with Crippen molar-refractivity contribution in [3.05, 3.63) is 22.2 Å². The molecule has 1 rings (SSSR count). The molecule has 88 valence electrons. The molecule has 0 unspecified atom stereocenters. The summed E-state index contributed by atoms with van der Waals surface area (Å²) < 4.78 is 5.10. The molecular weight excluding hydrogens is 230 g/mol. The third-order valence-corrected chi connectivity index (χ3v) is 2.39. The fraction of sp³-hybridized carbons (Fsp3) is 0.400. The van der Waals surface area contributed by atoms with Gasteiger partial charge in [0.2, 0.25) is 0 Å². The molecule has 0 aliphatic carbocycles. The summed E-state index contributed by atoms with van der Waals surface area (Å²) >= 11 is 1.03. The highest BCUT2D eigenvalue weighted by atomic mass is 32.2. The minimum Gasteiger partial charge on any atom is -0.477 e. The van der Waals surface area contributed by atoms with Crippen LogP contribution in [0.1, 0.15) is 20.8 Å². The summed E-state index contributed by atoms with van der Waals surface area (Å²) in [5.74, 6) is -1.82. The van der Waals surface area contributed by atoms with Gasteiger partial charge in [-0.1, -0.05) is 11.8 Å². The van der Waals surface area contributed by atoms with Crippen LogP contribution in [0.15, 0.2) is 22.2 Å². The molecule has 0 atom stereocenters. The summed E-state index contributed by atoms with van der Waals surface area (Å²) in [5.41, 5.74) is -0.795. The van der Waals surface area contributed by atoms with Gasteiger partial charge in [0, 0.05) is 6.20 Å². The molecule has 1 heterocycles. The fourth-order valence-electron chi connectivity index (χ4n) is 0.977. The normalized spacial score (nSPS) is 15.7. The van der Waals surface area contributed by atoms with Crippen molar-refractivity contribution in [1.82, 2.24) is 5.32 Å². The van der Waals surface area contributed by atoms with Crippen LogP contribution in [0.4, 0.5) is 0 Å². The Morgan fingerprint density at radius 3 is 2.56 bits per heavy atom. The van der Waals surface area contributed by atoms with Crippen LogP contribution < -0.4 is 5.32 Å². The van der Waals surface area contributed by atoms with Crippen LogP contribution in [0.5, 0.6) is 0 Å². The fourth-order valence-corrected chi connectivity index (χ4v) is 1.65. The van der Waals surface area contributed by atoms with Gasteiger partial charge in [-0.05, 0) is 26.2 Å². The van der Waals surface area contributed by atoms with Crippen molar-refractivity contribution in [2.75, 3.05) is 0 Å². The van der Waals surface area contributed by atoms with Crippen molar-refractivity contribution in [3.8, 4) is 0 Å². The highest BCUT2D eigenvalue weighted by Crippen LogP contribution is 2.26. The molecule has 0 saturated heterocycles. The van der Waals surface area contributed by atoms with E-state index < -0.39 is 17.5 Å². The Kier molecular flexibility index (Phi) is 3.64. The second-order valence-electron chi connectivity index (χ2n) is 4.08. The lowest BCUT2D eigenvalue weighted by molar-refractivity contribution is -0.149. The van der Waals surface area contributed by atoms with E-state index in [4.69, 9.17) is 9.84 Å². The molecule has 0 radical (unpaired) electrons. The van der Waals surface area contributed by atoms with Gasteiger partial charge in [-0.3, -0.25) is 0 Å². The van der Waals surface area contributed by atoms with E-state index >= 15 is 0 Å². The Morgan fingerprint density at radius 1 is 1.44 bits per heavy atom. The summed E-state index contributed by atoms with van der Waals surface area (Å²) in [7, 11) is 0. The summed E-state index contributed by atoms with van der Waals surface area (Å²) in [4.78, 5) is 22.6. The van der Waals surface area contributed by atoms with Crippen molar-refractivity contribution in [1.29, 1.82) is 0 Å². The van der Waals surface area contributed by atoms with Gasteiger partial charge < -0.3 is 15.2 Å². The van der Waals surface area contributed by atoms with Gasteiger partial charge >= 0.3 is 11.9 Å². The molecule has 0 fully saturated rings. The minimum absolute atomic E-state index is 0.0601. The van der Waals surface area contributed by atoms with E-state index in [9.17, 15) is 9.59 Å². The molecule has 0 bridgehead atoms. The zero-order chi connectivity index (χ0) is 12.3. The Balaban J connectivity index is 2.91. The standard InChI is InChI=1S/C10H13NO4S/c1-10(2,3)15-9(14)7-6(8(12)13)11-4-5-16-7/h4-5,11H,1-3H3,(H,12,13). The molecule has 0 saturated carbocycles. The van der Waals surface area contributed by atoms with Crippen LogP contribution in [0.3, 0.4) is 0 Å². The number of rotatable bonds is 2. The quantitative estimate of drug-likeness (QED) is 0.715. The number of esters is 1. The highest BCUT2D eigenvalue weighted by molar-refractivity contribution is 8.06. The van der Waals surface area contributed by atoms with Gasteiger partial charge in [0.1, 0.15) is 16.2 Å². The average molecular weight is 243 g/mol. The van der Waals surface area contributed by atoms with Crippen LogP contribution in [0.25, 0.3) is 0 Å². The van der Waals surface area contributed by atoms with Crippen LogP contribution in [-0.2, 0) is 14.3 Å². The molecule has 0 aromatic heterocycles. The molecule has 0 spiro atoms. The van der Waals surface area contributed by atoms with Gasteiger partial charge in [0.15, 0.2) is 0 Å². The molecule has 1 aliphatic rings. The lowest BCUT2D eigenvalue weighted by Crippen LogP contribution is -2.28. The topological polar surface area (TPSA) is 75.6 Å². The number of carboxylic acid groups (broad SMARTS) is 1. The molecule has 2 N–H and O–H groups in total. The number of carbonyl (C=O) groups excluding carboxylic acids is 1. The predicted molar refractivity (Wildman–Crippen MR) is 60.4 cm³/mol. The van der Waals surface area contributed by atoms with Gasteiger partial charge in [0.05, 0.1) is 0 Å². The van der Waals surface area contributed by atoms with Crippen LogP contribution in [-0.4, -0.2) is 22.6 Å². The summed E-state index contributed by atoms with van der Waals surface area (Å²) in [6.07, 6.45) is 1.46. The first-order valence-corrected chi connectivity index (χ1v) is 5.48. The zero-order valence-electron chi connectivity index (χ0n) is 9.23. The van der Waals surface area contributed by atoms with Gasteiger partial charge in [0.25, 0.3) is 0 Å². The average Bonchev–Trinajstić information content (AvgIpc) is 2.15. The largest absolute Gasteiger partial charge is 0.477 e. The monoisotopic (exact) mass is 243 g/mol. The minimum atomic E-state index is -1.18. The Morgan fingerprint density at radius 2 is 2.06 bits per heavy atom. The summed E-state index contributed by atoms with van der Waals surface area (Å²) in [6.45, 7) is 5.17. The van der Waals surface area contributed by atoms with Crippen molar-refractivity contribution < 1.29 is 19.4 Å². The molecule has 0 amide bonds. The number of ether oxygens (including phenoxy) is 1. The predicted octanol–water partition coefficient (Wildman–Crippen LogP) is 1.43. The molecule has 1 aliphatic heterocycles. The van der Waals surface area contributed by atoms with E-state index in [1.54, 1.807) is 26.2 Å². The van der Waals surface area contributed by atoms with Crippen molar-refractivity contribution in [2.45, 2.75) is 26.4 Å². The number of carbonyl (C=O) groups is 2. The number of aliphatic carboxylic acids is 1. The Bertz CT molecular complexity index is 379. The SMILES string of the molecule is CC(C)(C)OC(=O)C1=C(C(=O)O)NC=CS1. The summed E-state index contributed by atoms with van der Waals surface area (Å²) in [5, 5.41) is 13.0. The maximum atomic E-state index is 11.7. The van der Waals surface area contributed by atoms with Gasteiger partial charge in [-0.15, -0.1) is 0 Å². The maximum Gasteiger partial charge on any atom is 0.353 e. The molecule has 0 aromatic rings. The second-order valence-corrected chi connectivity index (χ2v) is 4.99. The van der Waals surface area contributed by atoms with E-state index in [-0.39, 0.29) is 10.6 Å². The summed E-state index contributed by atoms with van der Waals surface area (Å²) in [6, 6.07) is 0. The first kappa shape index (κ1) is 12.6. The maximum absolute atomic E-state index is 11.7. The zero-order valence-corrected chi connectivity index (χ0v) is 10.1. The Labute approximate surface area is 97.5 Å². The molecule has 16 heavy (non-hydrogen) atoms. The molecular formula is C10H13NO4S. The number of hydrogen-bond acceptors (Lipinski definition) is 5. The van der Waals surface area contributed by atoms with E-state index in [0.717, 1.165) is 11.8 Å². The van der Waals surface area contributed by atoms with Crippen LogP contribution in [0, 0.1) is 0 Å². The van der Waals surface area contributed by atoms with Crippen molar-refractivity contribution in [3.63, 3.8) is 0 Å². The second kappa shape index (κ2) is 4.61. The third-order valence-electron chi connectivity index (χ3n) is 1.51. The first-order chi connectivity index (χ1) is 7.31. The Hall–Kier alpha value is -1.43. The van der Waals surface area contributed by atoms with Gasteiger partial charge in [-0.25, -0.2) is 9.59 Å². The van der Waals surface area contributed by atoms with Crippen LogP contribution in [0.2, 0.25) is 0 Å². The number of hydrogen-bond donors (Lipinski definition) is 2. The van der Waals surface area contributed by atoms with Gasteiger partial charge in [-0.2, -0.15) is 0 Å². The lowest BCUT2D eigenvalue weighted by Gasteiger charge is -2.21. The number of carboxylic acids is 1. The first-order valence-electron chi connectivity index (χ1n) is 4.60. The van der Waals surface area contributed by atoms with E-state index in [1.165, 1.54) is 6.20 Å². The lowest BCUT2D eigenvalue weighted by atomic mass is 10.2. The highest BCUT2D eigenvalue weighted by Gasteiger charge is 2.26. The smallest absolute Gasteiger partial charge is 0.353 e. The molecule has 6 heteroatoms. The van der Waals surface area contributed by atoms with E-state index in [1.807, 2.05) is 0 Å². The van der Waals surface area contributed by atoms with E-state index in [0.29, 0.717) is 0 Å². The van der Waals surface area contributed by atoms with Crippen LogP contribution >= 0.6 is 11.8 Å².